The van der Waals surface area contributed by atoms with Gasteiger partial charge >= 0.3 is 0 Å². The third-order valence-electron chi connectivity index (χ3n) is 3.67. The van der Waals surface area contributed by atoms with Crippen LogP contribution in [-0.4, -0.2) is 11.7 Å². The fourth-order valence-corrected chi connectivity index (χ4v) is 2.36. The summed E-state index contributed by atoms with van der Waals surface area (Å²) in [6.07, 6.45) is 4.19. The molecule has 2 atom stereocenters. The van der Waals surface area contributed by atoms with Crippen molar-refractivity contribution in [3.63, 3.8) is 0 Å². The number of aliphatic hydroxyl groups excluding tert-OH is 1. The lowest BCUT2D eigenvalue weighted by Gasteiger charge is -2.24. The molecule has 0 heterocycles. The minimum Gasteiger partial charge on any atom is -0.396 e. The first kappa shape index (κ1) is 15.7. The van der Waals surface area contributed by atoms with Gasteiger partial charge in [-0.25, -0.2) is 0 Å². The molecule has 1 N–H and O–H groups in total. The van der Waals surface area contributed by atoms with Gasteiger partial charge in [-0.3, -0.25) is 0 Å². The molecule has 0 radical (unpaired) electrons. The molecular formula is C18H26O. The van der Waals surface area contributed by atoms with E-state index in [1.165, 1.54) is 11.1 Å². The smallest absolute Gasteiger partial charge is 0.0502 e. The molecule has 0 spiro atoms. The minimum absolute atomic E-state index is 0.146. The second kappa shape index (κ2) is 7.96. The fraction of sp³-hybridized carbons (Fsp3) is 0.444. The molecule has 0 unspecified atom stereocenters. The summed E-state index contributed by atoms with van der Waals surface area (Å²) in [7, 11) is 0. The van der Waals surface area contributed by atoms with Crippen molar-refractivity contribution in [2.24, 2.45) is 5.92 Å². The topological polar surface area (TPSA) is 20.2 Å². The fourth-order valence-electron chi connectivity index (χ4n) is 2.36. The maximum atomic E-state index is 9.66. The zero-order chi connectivity index (χ0) is 14.3. The lowest BCUT2D eigenvalue weighted by molar-refractivity contribution is 0.228. The largest absolute Gasteiger partial charge is 0.396 e. The van der Waals surface area contributed by atoms with E-state index in [0.717, 1.165) is 18.4 Å². The van der Waals surface area contributed by atoms with Crippen molar-refractivity contribution >= 4 is 0 Å². The van der Waals surface area contributed by atoms with Gasteiger partial charge in [0, 0.05) is 5.92 Å². The zero-order valence-corrected chi connectivity index (χ0v) is 12.4. The van der Waals surface area contributed by atoms with Crippen molar-refractivity contribution in [2.45, 2.75) is 39.5 Å². The molecule has 0 saturated heterocycles. The average Bonchev–Trinajstić information content (AvgIpc) is 2.40. The summed E-state index contributed by atoms with van der Waals surface area (Å²) in [6, 6.07) is 10.4. The van der Waals surface area contributed by atoms with Gasteiger partial charge in [0.25, 0.3) is 0 Å². The molecule has 0 aliphatic heterocycles. The molecule has 1 aromatic rings. The highest BCUT2D eigenvalue weighted by Gasteiger charge is 2.20. The van der Waals surface area contributed by atoms with Crippen molar-refractivity contribution in [1.82, 2.24) is 0 Å². The maximum absolute atomic E-state index is 9.66. The predicted octanol–water partition coefficient (Wildman–Crippen LogP) is 4.70. The molecule has 0 bridgehead atoms. The minimum atomic E-state index is 0.146. The van der Waals surface area contributed by atoms with Crippen LogP contribution in [0, 0.1) is 5.92 Å². The Labute approximate surface area is 117 Å². The molecule has 0 aliphatic carbocycles. The van der Waals surface area contributed by atoms with Crippen LogP contribution in [-0.2, 0) is 0 Å². The number of hydrogen-bond acceptors (Lipinski definition) is 1. The Hall–Kier alpha value is -1.34. The first-order chi connectivity index (χ1) is 9.06. The van der Waals surface area contributed by atoms with Gasteiger partial charge in [0.1, 0.15) is 0 Å². The van der Waals surface area contributed by atoms with Gasteiger partial charge in [-0.1, -0.05) is 61.1 Å². The average molecular weight is 258 g/mol. The highest BCUT2D eigenvalue weighted by Crippen LogP contribution is 2.30. The van der Waals surface area contributed by atoms with Crippen molar-refractivity contribution in [3.05, 3.63) is 59.7 Å². The molecule has 0 aliphatic rings. The molecule has 0 saturated carbocycles. The number of rotatable bonds is 7. The second-order valence-corrected chi connectivity index (χ2v) is 5.47. The number of aliphatic hydroxyl groups is 1. The van der Waals surface area contributed by atoms with Crippen LogP contribution in [0.25, 0.3) is 0 Å². The van der Waals surface area contributed by atoms with E-state index in [-0.39, 0.29) is 12.5 Å². The van der Waals surface area contributed by atoms with Crippen molar-refractivity contribution in [2.75, 3.05) is 6.61 Å². The van der Waals surface area contributed by atoms with Crippen LogP contribution < -0.4 is 0 Å². The molecule has 19 heavy (non-hydrogen) atoms. The summed E-state index contributed by atoms with van der Waals surface area (Å²) in [5, 5.41) is 9.66. The van der Waals surface area contributed by atoms with E-state index in [1.54, 1.807) is 0 Å². The summed E-state index contributed by atoms with van der Waals surface area (Å²) in [6.45, 7) is 10.7. The molecule has 1 nitrogen and oxygen atoms in total. The van der Waals surface area contributed by atoms with E-state index in [1.807, 2.05) is 18.2 Å². The van der Waals surface area contributed by atoms with E-state index in [4.69, 9.17) is 0 Å². The molecule has 104 valence electrons. The quantitative estimate of drug-likeness (QED) is 0.703. The van der Waals surface area contributed by atoms with Gasteiger partial charge in [-0.2, -0.15) is 0 Å². The summed E-state index contributed by atoms with van der Waals surface area (Å²) in [4.78, 5) is 0. The molecule has 0 fully saturated rings. The van der Waals surface area contributed by atoms with Crippen LogP contribution >= 0.6 is 0 Å². The van der Waals surface area contributed by atoms with Crippen molar-refractivity contribution in [1.29, 1.82) is 0 Å². The highest BCUT2D eigenvalue weighted by atomic mass is 16.3. The van der Waals surface area contributed by atoms with E-state index in [9.17, 15) is 5.11 Å². The predicted molar refractivity (Wildman–Crippen MR) is 83.2 cm³/mol. The van der Waals surface area contributed by atoms with Gasteiger partial charge in [-0.15, -0.1) is 0 Å². The summed E-state index contributed by atoms with van der Waals surface area (Å²) in [5.74, 6) is 0.457. The van der Waals surface area contributed by atoms with Crippen LogP contribution in [0.5, 0.6) is 0 Å². The molecule has 0 aromatic heterocycles. The second-order valence-electron chi connectivity index (χ2n) is 5.47. The normalized spacial score (nSPS) is 13.7. The molecule has 1 aromatic carbocycles. The van der Waals surface area contributed by atoms with Gasteiger partial charge in [0.2, 0.25) is 0 Å². The first-order valence-electron chi connectivity index (χ1n) is 7.03. The van der Waals surface area contributed by atoms with Gasteiger partial charge in [0.05, 0.1) is 6.61 Å². The Morgan fingerprint density at radius 1 is 1.26 bits per heavy atom. The van der Waals surface area contributed by atoms with Gasteiger partial charge < -0.3 is 5.11 Å². The van der Waals surface area contributed by atoms with E-state index in [0.29, 0.717) is 5.92 Å². The number of hydrogen-bond donors (Lipinski definition) is 1. The summed E-state index contributed by atoms with van der Waals surface area (Å²) in [5.41, 5.74) is 3.76. The van der Waals surface area contributed by atoms with Gasteiger partial charge in [0.15, 0.2) is 0 Å². The molecule has 1 heteroatoms. The Kier molecular flexibility index (Phi) is 6.58. The van der Waals surface area contributed by atoms with Crippen molar-refractivity contribution < 1.29 is 5.11 Å². The maximum Gasteiger partial charge on any atom is 0.0502 e. The SMILES string of the molecule is C=C(CCC=C(C)C)[C@@H](CO)[C@H](C)c1ccccc1. The molecule has 0 amide bonds. The van der Waals surface area contributed by atoms with Crippen LogP contribution in [0.4, 0.5) is 0 Å². The van der Waals surface area contributed by atoms with Crippen LogP contribution in [0.2, 0.25) is 0 Å². The summed E-state index contributed by atoms with van der Waals surface area (Å²) < 4.78 is 0. The standard InChI is InChI=1S/C18H26O/c1-14(2)9-8-10-15(3)18(13-19)16(4)17-11-6-5-7-12-17/h5-7,9,11-12,16,18-19H,3,8,10,13H2,1-2,4H3/t16-,18-/m1/s1. The monoisotopic (exact) mass is 258 g/mol. The lowest BCUT2D eigenvalue weighted by atomic mass is 9.82. The Balaban J connectivity index is 2.66. The van der Waals surface area contributed by atoms with Crippen molar-refractivity contribution in [3.8, 4) is 0 Å². The van der Waals surface area contributed by atoms with Crippen LogP contribution in [0.1, 0.15) is 45.1 Å². The molecular weight excluding hydrogens is 232 g/mol. The van der Waals surface area contributed by atoms with Gasteiger partial charge in [-0.05, 0) is 38.2 Å². The third kappa shape index (κ3) is 5.04. The van der Waals surface area contributed by atoms with E-state index < -0.39 is 0 Å². The first-order valence-corrected chi connectivity index (χ1v) is 7.03. The molecule has 1 rings (SSSR count). The Morgan fingerprint density at radius 3 is 2.42 bits per heavy atom. The van der Waals surface area contributed by atoms with Crippen LogP contribution in [0.15, 0.2) is 54.1 Å². The lowest BCUT2D eigenvalue weighted by Crippen LogP contribution is -2.16. The number of benzene rings is 1. The number of allylic oxidation sites excluding steroid dienone is 2. The highest BCUT2D eigenvalue weighted by molar-refractivity contribution is 5.23. The third-order valence-corrected chi connectivity index (χ3v) is 3.67. The Bertz CT molecular complexity index is 413. The Morgan fingerprint density at radius 2 is 1.89 bits per heavy atom. The van der Waals surface area contributed by atoms with E-state index in [2.05, 4.69) is 45.6 Å². The summed E-state index contributed by atoms with van der Waals surface area (Å²) >= 11 is 0. The zero-order valence-electron chi connectivity index (χ0n) is 12.4. The van der Waals surface area contributed by atoms with Crippen LogP contribution in [0.3, 0.4) is 0 Å². The van der Waals surface area contributed by atoms with E-state index >= 15 is 0 Å².